The number of nitrogens with one attached hydrogen (secondary N) is 1. The maximum Gasteiger partial charge on any atom is 0.231 e. The first-order valence-electron chi connectivity index (χ1n) is 6.09. The van der Waals surface area contributed by atoms with Crippen LogP contribution in [0.5, 0.6) is 0 Å². The molecule has 1 aromatic heterocycles. The van der Waals surface area contributed by atoms with Crippen molar-refractivity contribution >= 4 is 46.0 Å². The van der Waals surface area contributed by atoms with Crippen LogP contribution in [0.25, 0.3) is 11.0 Å². The standard InChI is InChI=1S/C12H13ClN4OS/c13-7-2-3-8-10(17-19-16-8)9(7)15-11(18)12(6-14)4-1-5-12/h2-3H,1,4-6,14H2,(H,15,18). The molecule has 1 fully saturated rings. The Balaban J connectivity index is 1.95. The summed E-state index contributed by atoms with van der Waals surface area (Å²) in [7, 11) is 0. The molecule has 5 nitrogen and oxygen atoms in total. The lowest BCUT2D eigenvalue weighted by molar-refractivity contribution is -0.129. The molecule has 1 amide bonds. The van der Waals surface area contributed by atoms with E-state index in [1.165, 1.54) is 0 Å². The molecule has 3 rings (SSSR count). The molecule has 1 aliphatic rings. The number of rotatable bonds is 3. The van der Waals surface area contributed by atoms with E-state index in [0.29, 0.717) is 22.8 Å². The molecule has 100 valence electrons. The van der Waals surface area contributed by atoms with Gasteiger partial charge in [-0.3, -0.25) is 4.79 Å². The maximum absolute atomic E-state index is 12.4. The minimum Gasteiger partial charge on any atom is -0.329 e. The number of fused-ring (bicyclic) bond motifs is 1. The van der Waals surface area contributed by atoms with E-state index in [4.69, 9.17) is 17.3 Å². The average molecular weight is 297 g/mol. The highest BCUT2D eigenvalue weighted by atomic mass is 35.5. The number of nitrogens with zero attached hydrogens (tertiary/aromatic N) is 2. The van der Waals surface area contributed by atoms with E-state index in [1.54, 1.807) is 12.1 Å². The first-order chi connectivity index (χ1) is 9.16. The van der Waals surface area contributed by atoms with Gasteiger partial charge in [-0.1, -0.05) is 18.0 Å². The highest BCUT2D eigenvalue weighted by molar-refractivity contribution is 7.00. The molecule has 0 radical (unpaired) electrons. The smallest absolute Gasteiger partial charge is 0.231 e. The fourth-order valence-corrected chi connectivity index (χ4v) is 3.06. The van der Waals surface area contributed by atoms with Gasteiger partial charge in [0, 0.05) is 6.54 Å². The number of hydrogen-bond acceptors (Lipinski definition) is 5. The molecule has 2 aromatic rings. The van der Waals surface area contributed by atoms with Gasteiger partial charge in [0.2, 0.25) is 5.91 Å². The van der Waals surface area contributed by atoms with Crippen molar-refractivity contribution in [3.8, 4) is 0 Å². The van der Waals surface area contributed by atoms with E-state index in [0.717, 1.165) is 36.5 Å². The Labute approximate surface area is 119 Å². The number of aromatic nitrogens is 2. The van der Waals surface area contributed by atoms with Crippen LogP contribution in [-0.2, 0) is 4.79 Å². The van der Waals surface area contributed by atoms with Crippen molar-refractivity contribution in [3.05, 3.63) is 17.2 Å². The molecule has 1 aliphatic carbocycles. The van der Waals surface area contributed by atoms with Crippen LogP contribution in [0.2, 0.25) is 5.02 Å². The van der Waals surface area contributed by atoms with Crippen molar-refractivity contribution in [2.24, 2.45) is 11.1 Å². The summed E-state index contributed by atoms with van der Waals surface area (Å²) in [5.41, 5.74) is 7.21. The third kappa shape index (κ3) is 2.00. The number of amides is 1. The fourth-order valence-electron chi connectivity index (χ4n) is 2.32. The number of nitrogens with two attached hydrogens (primary N) is 1. The van der Waals surface area contributed by atoms with E-state index in [2.05, 4.69) is 14.1 Å². The Morgan fingerprint density at radius 1 is 1.47 bits per heavy atom. The minimum absolute atomic E-state index is 0.0661. The summed E-state index contributed by atoms with van der Waals surface area (Å²) in [6, 6.07) is 3.51. The Kier molecular flexibility index (Phi) is 3.16. The number of benzene rings is 1. The van der Waals surface area contributed by atoms with Gasteiger partial charge in [-0.05, 0) is 25.0 Å². The lowest BCUT2D eigenvalue weighted by Gasteiger charge is -2.39. The Bertz CT molecular complexity index is 632. The second-order valence-corrected chi connectivity index (χ2v) is 5.78. The van der Waals surface area contributed by atoms with Gasteiger partial charge in [0.15, 0.2) is 0 Å². The van der Waals surface area contributed by atoms with Gasteiger partial charge < -0.3 is 11.1 Å². The number of carbonyl (C=O) groups excluding carboxylic acids is 1. The zero-order valence-electron chi connectivity index (χ0n) is 10.1. The van der Waals surface area contributed by atoms with Gasteiger partial charge in [0.1, 0.15) is 11.0 Å². The first kappa shape index (κ1) is 12.8. The third-order valence-electron chi connectivity index (χ3n) is 3.80. The predicted octanol–water partition coefficient (Wildman–Crippen LogP) is 2.41. The van der Waals surface area contributed by atoms with Gasteiger partial charge >= 0.3 is 0 Å². The monoisotopic (exact) mass is 296 g/mol. The van der Waals surface area contributed by atoms with Crippen LogP contribution >= 0.6 is 23.3 Å². The van der Waals surface area contributed by atoms with Crippen molar-refractivity contribution in [2.75, 3.05) is 11.9 Å². The third-order valence-corrected chi connectivity index (χ3v) is 4.66. The quantitative estimate of drug-likeness (QED) is 0.911. The first-order valence-corrected chi connectivity index (χ1v) is 7.19. The zero-order valence-corrected chi connectivity index (χ0v) is 11.7. The summed E-state index contributed by atoms with van der Waals surface area (Å²) in [5.74, 6) is -0.0661. The summed E-state index contributed by atoms with van der Waals surface area (Å²) in [6.07, 6.45) is 2.71. The van der Waals surface area contributed by atoms with Crippen molar-refractivity contribution in [1.29, 1.82) is 0 Å². The van der Waals surface area contributed by atoms with E-state index in [1.807, 2.05) is 0 Å². The molecule has 19 heavy (non-hydrogen) atoms. The molecule has 0 atom stereocenters. The van der Waals surface area contributed by atoms with Crippen molar-refractivity contribution < 1.29 is 4.79 Å². The predicted molar refractivity (Wildman–Crippen MR) is 76.4 cm³/mol. The normalized spacial score (nSPS) is 17.2. The van der Waals surface area contributed by atoms with E-state index < -0.39 is 5.41 Å². The van der Waals surface area contributed by atoms with Crippen LogP contribution in [0.3, 0.4) is 0 Å². The fraction of sp³-hybridized carbons (Fsp3) is 0.417. The minimum atomic E-state index is -0.436. The molecule has 1 saturated carbocycles. The van der Waals surface area contributed by atoms with Crippen LogP contribution < -0.4 is 11.1 Å². The Hall–Kier alpha value is -1.24. The van der Waals surface area contributed by atoms with E-state index in [-0.39, 0.29) is 5.91 Å². The SMILES string of the molecule is NCC1(C(=O)Nc2c(Cl)ccc3nsnc23)CCC1. The topological polar surface area (TPSA) is 80.9 Å². The largest absolute Gasteiger partial charge is 0.329 e. The van der Waals surface area contributed by atoms with Crippen LogP contribution in [0, 0.1) is 5.41 Å². The summed E-state index contributed by atoms with van der Waals surface area (Å²) >= 11 is 7.25. The van der Waals surface area contributed by atoms with Gasteiger partial charge in [0.25, 0.3) is 0 Å². The Morgan fingerprint density at radius 3 is 2.89 bits per heavy atom. The van der Waals surface area contributed by atoms with E-state index >= 15 is 0 Å². The average Bonchev–Trinajstić information content (AvgIpc) is 2.80. The van der Waals surface area contributed by atoms with Crippen molar-refractivity contribution in [2.45, 2.75) is 19.3 Å². The maximum atomic E-state index is 12.4. The van der Waals surface area contributed by atoms with Crippen LogP contribution in [-0.4, -0.2) is 21.2 Å². The lowest BCUT2D eigenvalue weighted by Crippen LogP contribution is -2.47. The van der Waals surface area contributed by atoms with Crippen molar-refractivity contribution in [3.63, 3.8) is 0 Å². The van der Waals surface area contributed by atoms with Crippen LogP contribution in [0.15, 0.2) is 12.1 Å². The molecule has 7 heteroatoms. The molecule has 1 heterocycles. The summed E-state index contributed by atoms with van der Waals surface area (Å²) in [4.78, 5) is 12.4. The molecule has 0 spiro atoms. The molecule has 1 aromatic carbocycles. The van der Waals surface area contributed by atoms with Crippen LogP contribution in [0.4, 0.5) is 5.69 Å². The number of hydrogen-bond donors (Lipinski definition) is 2. The number of halogens is 1. The summed E-state index contributed by atoms with van der Waals surface area (Å²) in [5, 5.41) is 3.36. The van der Waals surface area contributed by atoms with Gasteiger partial charge in [-0.15, -0.1) is 0 Å². The second kappa shape index (κ2) is 4.70. The van der Waals surface area contributed by atoms with Gasteiger partial charge in [0.05, 0.1) is 27.9 Å². The molecule has 3 N–H and O–H groups in total. The molecule has 0 unspecified atom stereocenters. The van der Waals surface area contributed by atoms with Gasteiger partial charge in [-0.25, -0.2) is 0 Å². The molecular formula is C12H13ClN4OS. The highest BCUT2D eigenvalue weighted by Gasteiger charge is 2.43. The molecule has 0 saturated heterocycles. The molecular weight excluding hydrogens is 284 g/mol. The number of anilines is 1. The lowest BCUT2D eigenvalue weighted by atomic mass is 9.68. The highest BCUT2D eigenvalue weighted by Crippen LogP contribution is 2.41. The molecule has 0 bridgehead atoms. The number of carbonyl (C=O) groups is 1. The van der Waals surface area contributed by atoms with Crippen LogP contribution in [0.1, 0.15) is 19.3 Å². The van der Waals surface area contributed by atoms with Gasteiger partial charge in [-0.2, -0.15) is 8.75 Å². The van der Waals surface area contributed by atoms with Crippen molar-refractivity contribution in [1.82, 2.24) is 8.75 Å². The zero-order chi connectivity index (χ0) is 13.5. The summed E-state index contributed by atoms with van der Waals surface area (Å²) < 4.78 is 8.32. The molecule has 0 aliphatic heterocycles. The second-order valence-electron chi connectivity index (χ2n) is 4.85. The Morgan fingerprint density at radius 2 is 2.26 bits per heavy atom. The van der Waals surface area contributed by atoms with E-state index in [9.17, 15) is 4.79 Å². The summed E-state index contributed by atoms with van der Waals surface area (Å²) in [6.45, 7) is 0.363.